The lowest BCUT2D eigenvalue weighted by Gasteiger charge is -2.19. The van der Waals surface area contributed by atoms with E-state index in [-0.39, 0.29) is 0 Å². The van der Waals surface area contributed by atoms with Crippen molar-refractivity contribution in [1.29, 1.82) is 0 Å². The zero-order valence-electron chi connectivity index (χ0n) is 18.3. The molecule has 15 nitrogen and oxygen atoms in total. The Labute approximate surface area is 186 Å². The van der Waals surface area contributed by atoms with Gasteiger partial charge < -0.3 is 29.5 Å². The number of carbonyl (C=O) groups is 3. The van der Waals surface area contributed by atoms with Crippen LogP contribution in [0.5, 0.6) is 0 Å². The first-order valence-electron chi connectivity index (χ1n) is 9.72. The Kier molecular flexibility index (Phi) is 10.6. The highest BCUT2D eigenvalue weighted by atomic mass is 16.5. The van der Waals surface area contributed by atoms with Crippen molar-refractivity contribution >= 4 is 17.9 Å². The SMILES string of the molecule is CC(=O)OCC(O)Cn1c(=O)n(CC(O)COC(C)=O)c(=O)n(CC(O)COC(C)=O)c1=O. The van der Waals surface area contributed by atoms with Crippen molar-refractivity contribution in [3.8, 4) is 0 Å². The second kappa shape index (κ2) is 12.7. The van der Waals surface area contributed by atoms with Crippen molar-refractivity contribution in [1.82, 2.24) is 13.7 Å². The smallest absolute Gasteiger partial charge is 0.336 e. The number of nitrogens with zero attached hydrogens (tertiary/aromatic N) is 3. The number of aliphatic hydroxyl groups excluding tert-OH is 3. The minimum Gasteiger partial charge on any atom is -0.463 e. The van der Waals surface area contributed by atoms with Crippen LogP contribution in [0.4, 0.5) is 0 Å². The molecule has 33 heavy (non-hydrogen) atoms. The first kappa shape index (κ1) is 27.7. The molecule has 0 saturated carbocycles. The number of aromatic nitrogens is 3. The molecule has 3 unspecified atom stereocenters. The quantitative estimate of drug-likeness (QED) is 0.194. The summed E-state index contributed by atoms with van der Waals surface area (Å²) in [7, 11) is 0. The second-order valence-electron chi connectivity index (χ2n) is 7.05. The molecule has 0 aromatic carbocycles. The van der Waals surface area contributed by atoms with Crippen molar-refractivity contribution in [3.63, 3.8) is 0 Å². The predicted octanol–water partition coefficient (Wildman–Crippen LogP) is -4.06. The van der Waals surface area contributed by atoms with Gasteiger partial charge in [0, 0.05) is 20.8 Å². The Morgan fingerprint density at radius 1 is 0.606 bits per heavy atom. The Bertz CT molecular complexity index is 865. The van der Waals surface area contributed by atoms with Gasteiger partial charge in [-0.1, -0.05) is 0 Å². The summed E-state index contributed by atoms with van der Waals surface area (Å²) in [4.78, 5) is 71.0. The van der Waals surface area contributed by atoms with Crippen LogP contribution < -0.4 is 17.1 Å². The molecule has 0 bridgehead atoms. The summed E-state index contributed by atoms with van der Waals surface area (Å²) in [5.41, 5.74) is -3.63. The minimum atomic E-state index is -1.50. The molecular formula is C18H27N3O12. The lowest BCUT2D eigenvalue weighted by Crippen LogP contribution is -2.57. The normalized spacial score (nSPS) is 13.6. The monoisotopic (exact) mass is 477 g/mol. The molecule has 1 rings (SSSR count). The molecule has 0 aliphatic carbocycles. The van der Waals surface area contributed by atoms with Gasteiger partial charge in [0.15, 0.2) is 0 Å². The van der Waals surface area contributed by atoms with E-state index in [1.54, 1.807) is 0 Å². The fourth-order valence-corrected chi connectivity index (χ4v) is 2.58. The lowest BCUT2D eigenvalue weighted by atomic mass is 10.3. The van der Waals surface area contributed by atoms with E-state index in [0.29, 0.717) is 13.7 Å². The molecule has 0 aliphatic heterocycles. The molecule has 0 spiro atoms. The average molecular weight is 477 g/mol. The fraction of sp³-hybridized carbons (Fsp3) is 0.667. The van der Waals surface area contributed by atoms with Gasteiger partial charge in [0.2, 0.25) is 0 Å². The third-order valence-electron chi connectivity index (χ3n) is 4.00. The van der Waals surface area contributed by atoms with E-state index in [4.69, 9.17) is 0 Å². The maximum absolute atomic E-state index is 12.8. The van der Waals surface area contributed by atoms with Crippen LogP contribution >= 0.6 is 0 Å². The fourth-order valence-electron chi connectivity index (χ4n) is 2.58. The van der Waals surface area contributed by atoms with Crippen LogP contribution in [0.1, 0.15) is 20.8 Å². The first-order chi connectivity index (χ1) is 15.3. The molecule has 0 saturated heterocycles. The zero-order chi connectivity index (χ0) is 25.3. The van der Waals surface area contributed by atoms with Crippen LogP contribution in [0.25, 0.3) is 0 Å². The summed E-state index contributed by atoms with van der Waals surface area (Å²) in [5.74, 6) is -2.15. The molecule has 0 amide bonds. The minimum absolute atomic E-state index is 0.451. The number of hydrogen-bond donors (Lipinski definition) is 3. The number of ether oxygens (including phenoxy) is 3. The number of carbonyl (C=O) groups excluding carboxylic acids is 3. The number of hydrogen-bond acceptors (Lipinski definition) is 12. The molecule has 1 aromatic rings. The summed E-state index contributed by atoms with van der Waals surface area (Å²) in [5, 5.41) is 30.1. The Morgan fingerprint density at radius 3 is 1.00 bits per heavy atom. The maximum atomic E-state index is 12.8. The van der Waals surface area contributed by atoms with Crippen LogP contribution in [0, 0.1) is 0 Å². The van der Waals surface area contributed by atoms with Crippen LogP contribution in [-0.4, -0.2) is 85.1 Å². The standard InChI is InChI=1S/C18H27N3O12/c1-10(22)31-7-13(25)4-19-16(28)20(5-14(26)8-32-11(2)23)18(30)21(17(19)29)6-15(27)9-33-12(3)24/h13-15,25-27H,4-9H2,1-3H3. The van der Waals surface area contributed by atoms with Crippen molar-refractivity contribution in [2.45, 2.75) is 58.7 Å². The first-order valence-corrected chi connectivity index (χ1v) is 9.72. The molecule has 3 N–H and O–H groups in total. The van der Waals surface area contributed by atoms with Gasteiger partial charge in [0.25, 0.3) is 0 Å². The Hall–Kier alpha value is -3.30. The summed E-state index contributed by atoms with van der Waals surface area (Å²) < 4.78 is 15.2. The molecule has 1 heterocycles. The van der Waals surface area contributed by atoms with Gasteiger partial charge >= 0.3 is 35.0 Å². The summed E-state index contributed by atoms with van der Waals surface area (Å²) >= 11 is 0. The average Bonchev–Trinajstić information content (AvgIpc) is 2.72. The van der Waals surface area contributed by atoms with Gasteiger partial charge in [-0.2, -0.15) is 0 Å². The molecule has 0 aliphatic rings. The number of esters is 3. The van der Waals surface area contributed by atoms with Gasteiger partial charge in [0.05, 0.1) is 19.6 Å². The van der Waals surface area contributed by atoms with Gasteiger partial charge in [-0.3, -0.25) is 14.4 Å². The number of aliphatic hydroxyl groups is 3. The van der Waals surface area contributed by atoms with Gasteiger partial charge in [0.1, 0.15) is 38.1 Å². The Balaban J connectivity index is 3.38. The van der Waals surface area contributed by atoms with Crippen LogP contribution in [-0.2, 0) is 48.2 Å². The molecule has 0 radical (unpaired) electrons. The van der Waals surface area contributed by atoms with E-state index in [1.807, 2.05) is 0 Å². The highest BCUT2D eigenvalue weighted by Crippen LogP contribution is 1.94. The third-order valence-corrected chi connectivity index (χ3v) is 4.00. The van der Waals surface area contributed by atoms with Gasteiger partial charge in [-0.15, -0.1) is 0 Å². The summed E-state index contributed by atoms with van der Waals surface area (Å²) in [6.07, 6.45) is -4.51. The highest BCUT2D eigenvalue weighted by Gasteiger charge is 2.22. The lowest BCUT2D eigenvalue weighted by molar-refractivity contribution is -0.144. The van der Waals surface area contributed by atoms with Gasteiger partial charge in [-0.05, 0) is 0 Å². The molecule has 1 aromatic heterocycles. The third kappa shape index (κ3) is 8.99. The van der Waals surface area contributed by atoms with Crippen molar-refractivity contribution in [2.24, 2.45) is 0 Å². The molecule has 0 fully saturated rings. The zero-order valence-corrected chi connectivity index (χ0v) is 18.3. The number of rotatable bonds is 12. The van der Waals surface area contributed by atoms with E-state index in [9.17, 15) is 44.1 Å². The van der Waals surface area contributed by atoms with E-state index < -0.39 is 92.7 Å². The van der Waals surface area contributed by atoms with Crippen molar-refractivity contribution in [3.05, 3.63) is 31.5 Å². The van der Waals surface area contributed by atoms with Crippen LogP contribution in [0.3, 0.4) is 0 Å². The van der Waals surface area contributed by atoms with Crippen LogP contribution in [0.2, 0.25) is 0 Å². The molecule has 3 atom stereocenters. The largest absolute Gasteiger partial charge is 0.463 e. The topological polar surface area (TPSA) is 206 Å². The van der Waals surface area contributed by atoms with Crippen molar-refractivity contribution in [2.75, 3.05) is 19.8 Å². The van der Waals surface area contributed by atoms with Gasteiger partial charge in [-0.25, -0.2) is 28.1 Å². The molecule has 186 valence electrons. The molecular weight excluding hydrogens is 450 g/mol. The maximum Gasteiger partial charge on any atom is 0.336 e. The van der Waals surface area contributed by atoms with E-state index in [1.165, 1.54) is 0 Å². The predicted molar refractivity (Wildman–Crippen MR) is 107 cm³/mol. The second-order valence-corrected chi connectivity index (χ2v) is 7.05. The summed E-state index contributed by atoms with van der Waals surface area (Å²) in [6, 6.07) is 0. The van der Waals surface area contributed by atoms with E-state index >= 15 is 0 Å². The molecule has 15 heteroatoms. The van der Waals surface area contributed by atoms with Crippen molar-refractivity contribution < 1.29 is 43.9 Å². The van der Waals surface area contributed by atoms with E-state index in [0.717, 1.165) is 20.8 Å². The Morgan fingerprint density at radius 2 is 0.818 bits per heavy atom. The van der Waals surface area contributed by atoms with E-state index in [2.05, 4.69) is 14.2 Å². The summed E-state index contributed by atoms with van der Waals surface area (Å²) in [6.45, 7) is -0.468. The van der Waals surface area contributed by atoms with Crippen LogP contribution in [0.15, 0.2) is 14.4 Å². The highest BCUT2D eigenvalue weighted by molar-refractivity contribution is 5.66.